The first-order valence-electron chi connectivity index (χ1n) is 3.75. The maximum atomic E-state index is 10.9. The van der Waals surface area contributed by atoms with Crippen LogP contribution in [0.15, 0.2) is 16.8 Å². The average Bonchev–Trinajstić information content (AvgIpc) is 1.86. The molecular weight excluding hydrogens is 138 g/mol. The smallest absolute Gasteiger partial charge is 0.177 e. The van der Waals surface area contributed by atoms with Crippen molar-refractivity contribution in [1.29, 1.82) is 0 Å². The van der Waals surface area contributed by atoms with Gasteiger partial charge in [-0.1, -0.05) is 20.8 Å². The molecule has 0 fully saturated rings. The van der Waals surface area contributed by atoms with Gasteiger partial charge in [-0.2, -0.15) is 0 Å². The molecule has 0 N–H and O–H groups in total. The summed E-state index contributed by atoms with van der Waals surface area (Å²) in [5.74, 6) is 0.109. The minimum Gasteiger partial charge on any atom is -0.293 e. The van der Waals surface area contributed by atoms with Gasteiger partial charge in [-0.3, -0.25) is 9.79 Å². The molecule has 0 unspecified atom stereocenters. The molecule has 0 aromatic rings. The Bertz CT molecular complexity index is 230. The quantitative estimate of drug-likeness (QED) is 0.520. The molecule has 0 saturated heterocycles. The van der Waals surface area contributed by atoms with Crippen LogP contribution in [-0.2, 0) is 4.79 Å². The van der Waals surface area contributed by atoms with Gasteiger partial charge in [0.1, 0.15) is 0 Å². The zero-order valence-corrected chi connectivity index (χ0v) is 7.22. The van der Waals surface area contributed by atoms with Gasteiger partial charge >= 0.3 is 0 Å². The molecular formula is C9H13NO. The van der Waals surface area contributed by atoms with E-state index in [1.54, 1.807) is 6.20 Å². The zero-order chi connectivity index (χ0) is 8.48. The highest BCUT2D eigenvalue weighted by Gasteiger charge is 2.20. The van der Waals surface area contributed by atoms with Gasteiger partial charge in [0.15, 0.2) is 5.78 Å². The Kier molecular flexibility index (Phi) is 1.94. The molecule has 0 amide bonds. The number of carbonyl (C=O) groups is 1. The average molecular weight is 151 g/mol. The maximum absolute atomic E-state index is 10.9. The molecule has 11 heavy (non-hydrogen) atoms. The van der Waals surface area contributed by atoms with Crippen LogP contribution in [0.5, 0.6) is 0 Å². The van der Waals surface area contributed by atoms with Gasteiger partial charge in [0.2, 0.25) is 0 Å². The van der Waals surface area contributed by atoms with Gasteiger partial charge < -0.3 is 0 Å². The van der Waals surface area contributed by atoms with E-state index < -0.39 is 0 Å². The molecule has 1 heterocycles. The third-order valence-electron chi connectivity index (χ3n) is 1.78. The molecule has 0 radical (unpaired) electrons. The monoisotopic (exact) mass is 151 g/mol. The minimum absolute atomic E-state index is 0.0768. The van der Waals surface area contributed by atoms with Crippen LogP contribution < -0.4 is 0 Å². The summed E-state index contributed by atoms with van der Waals surface area (Å²) in [6.45, 7) is 6.27. The Morgan fingerprint density at radius 3 is 2.45 bits per heavy atom. The number of aliphatic imine (C=N–C) groups is 1. The molecule has 1 aliphatic heterocycles. The van der Waals surface area contributed by atoms with Crippen molar-refractivity contribution in [2.45, 2.75) is 27.2 Å². The van der Waals surface area contributed by atoms with E-state index in [4.69, 9.17) is 0 Å². The van der Waals surface area contributed by atoms with Crippen LogP contribution in [-0.4, -0.2) is 12.0 Å². The zero-order valence-electron chi connectivity index (χ0n) is 7.22. The van der Waals surface area contributed by atoms with E-state index in [0.29, 0.717) is 6.42 Å². The number of rotatable bonds is 0. The summed E-state index contributed by atoms with van der Waals surface area (Å²) in [5.41, 5.74) is 1.19. The van der Waals surface area contributed by atoms with Crippen LogP contribution in [0.25, 0.3) is 0 Å². The van der Waals surface area contributed by atoms with E-state index in [9.17, 15) is 4.79 Å². The van der Waals surface area contributed by atoms with Crippen LogP contribution >= 0.6 is 0 Å². The number of nitrogens with zero attached hydrogens (tertiary/aromatic N) is 1. The van der Waals surface area contributed by atoms with Crippen molar-refractivity contribution in [1.82, 2.24) is 0 Å². The third kappa shape index (κ3) is 2.00. The maximum Gasteiger partial charge on any atom is 0.177 e. The predicted octanol–water partition coefficient (Wildman–Crippen LogP) is 1.96. The standard InChI is InChI=1S/C9H13NO/c1-9(2,3)7-4-8(11)6-10-5-7/h5-6H,4H2,1-3H3. The first-order chi connectivity index (χ1) is 5.00. The lowest BCUT2D eigenvalue weighted by Crippen LogP contribution is -2.16. The van der Waals surface area contributed by atoms with E-state index in [0.717, 1.165) is 5.57 Å². The van der Waals surface area contributed by atoms with Crippen molar-refractivity contribution in [3.63, 3.8) is 0 Å². The number of allylic oxidation sites excluding steroid dienone is 1. The molecule has 0 spiro atoms. The normalized spacial score (nSPS) is 18.5. The summed E-state index contributed by atoms with van der Waals surface area (Å²) < 4.78 is 0. The number of hydrogen-bond acceptors (Lipinski definition) is 2. The molecule has 0 aromatic carbocycles. The highest BCUT2D eigenvalue weighted by Crippen LogP contribution is 2.28. The van der Waals surface area contributed by atoms with Crippen LogP contribution in [0.2, 0.25) is 0 Å². The lowest BCUT2D eigenvalue weighted by atomic mass is 9.83. The van der Waals surface area contributed by atoms with Gasteiger partial charge in [-0.05, 0) is 11.0 Å². The van der Waals surface area contributed by atoms with Gasteiger partial charge in [-0.25, -0.2) is 0 Å². The van der Waals surface area contributed by atoms with Crippen LogP contribution in [0.3, 0.4) is 0 Å². The molecule has 1 aliphatic rings. The molecule has 0 aromatic heterocycles. The van der Waals surface area contributed by atoms with Crippen molar-refractivity contribution in [3.05, 3.63) is 11.8 Å². The summed E-state index contributed by atoms with van der Waals surface area (Å²) >= 11 is 0. The predicted molar refractivity (Wildman–Crippen MR) is 45.7 cm³/mol. The van der Waals surface area contributed by atoms with E-state index >= 15 is 0 Å². The van der Waals surface area contributed by atoms with Crippen molar-refractivity contribution in [2.24, 2.45) is 10.4 Å². The molecule has 2 nitrogen and oxygen atoms in total. The fraction of sp³-hybridized carbons (Fsp3) is 0.556. The van der Waals surface area contributed by atoms with Gasteiger partial charge in [0.05, 0.1) is 6.21 Å². The second-order valence-electron chi connectivity index (χ2n) is 3.83. The number of carbonyl (C=O) groups excluding carboxylic acids is 1. The Labute approximate surface area is 67.0 Å². The first-order valence-corrected chi connectivity index (χ1v) is 3.75. The largest absolute Gasteiger partial charge is 0.293 e. The molecule has 0 saturated carbocycles. The van der Waals surface area contributed by atoms with Crippen molar-refractivity contribution >= 4 is 12.0 Å². The summed E-state index contributed by atoms with van der Waals surface area (Å²) in [7, 11) is 0. The first kappa shape index (κ1) is 8.18. The number of hydrogen-bond donors (Lipinski definition) is 0. The second kappa shape index (κ2) is 2.61. The summed E-state index contributed by atoms with van der Waals surface area (Å²) in [4.78, 5) is 14.8. The Hall–Kier alpha value is -0.920. The summed E-state index contributed by atoms with van der Waals surface area (Å²) in [6.07, 6.45) is 3.71. The molecule has 0 aliphatic carbocycles. The Morgan fingerprint density at radius 2 is 2.09 bits per heavy atom. The van der Waals surface area contributed by atoms with E-state index in [2.05, 4.69) is 25.8 Å². The van der Waals surface area contributed by atoms with E-state index in [1.807, 2.05) is 0 Å². The topological polar surface area (TPSA) is 29.4 Å². The molecule has 2 heteroatoms. The lowest BCUT2D eigenvalue weighted by molar-refractivity contribution is -0.112. The van der Waals surface area contributed by atoms with Gasteiger partial charge in [-0.15, -0.1) is 0 Å². The Balaban J connectivity index is 2.83. The Morgan fingerprint density at radius 1 is 1.45 bits per heavy atom. The summed E-state index contributed by atoms with van der Waals surface area (Å²) in [6, 6.07) is 0. The van der Waals surface area contributed by atoms with Crippen molar-refractivity contribution in [2.75, 3.05) is 0 Å². The lowest BCUT2D eigenvalue weighted by Gasteiger charge is -2.22. The third-order valence-corrected chi connectivity index (χ3v) is 1.78. The SMILES string of the molecule is CC(C)(C)C1=CN=CC(=O)C1. The van der Waals surface area contributed by atoms with Crippen LogP contribution in [0, 0.1) is 5.41 Å². The fourth-order valence-electron chi connectivity index (χ4n) is 0.948. The summed E-state index contributed by atoms with van der Waals surface area (Å²) in [5, 5.41) is 0. The minimum atomic E-state index is 0.0768. The number of Topliss-reactive ketones (excluding diaryl/α,β-unsaturated/α-hetero) is 1. The van der Waals surface area contributed by atoms with Gasteiger partial charge in [0, 0.05) is 12.6 Å². The van der Waals surface area contributed by atoms with E-state index in [-0.39, 0.29) is 11.2 Å². The van der Waals surface area contributed by atoms with Crippen LogP contribution in [0.1, 0.15) is 27.2 Å². The van der Waals surface area contributed by atoms with Gasteiger partial charge in [0.25, 0.3) is 0 Å². The van der Waals surface area contributed by atoms with Crippen molar-refractivity contribution < 1.29 is 4.79 Å². The van der Waals surface area contributed by atoms with E-state index in [1.165, 1.54) is 6.21 Å². The molecule has 60 valence electrons. The highest BCUT2D eigenvalue weighted by molar-refractivity contribution is 6.28. The van der Waals surface area contributed by atoms with Crippen LogP contribution in [0.4, 0.5) is 0 Å². The fourth-order valence-corrected chi connectivity index (χ4v) is 0.948. The molecule has 1 rings (SSSR count). The van der Waals surface area contributed by atoms with Crippen molar-refractivity contribution in [3.8, 4) is 0 Å². The number of ketones is 1. The molecule has 0 atom stereocenters. The second-order valence-corrected chi connectivity index (χ2v) is 3.83. The molecule has 0 bridgehead atoms. The highest BCUT2D eigenvalue weighted by atomic mass is 16.1.